The van der Waals surface area contributed by atoms with E-state index in [1.54, 1.807) is 7.05 Å². The molecule has 37 heavy (non-hydrogen) atoms. The summed E-state index contributed by atoms with van der Waals surface area (Å²) in [6, 6.07) is 10.5. The van der Waals surface area contributed by atoms with Crippen LogP contribution in [0.25, 0.3) is 11.1 Å². The van der Waals surface area contributed by atoms with Crippen molar-refractivity contribution in [1.29, 1.82) is 0 Å². The molecule has 0 radical (unpaired) electrons. The lowest BCUT2D eigenvalue weighted by Gasteiger charge is -2.32. The Morgan fingerprint density at radius 3 is 2.43 bits per heavy atom. The number of piperidine rings is 1. The number of hydrogen-bond acceptors (Lipinski definition) is 7. The molecule has 192 valence electrons. The van der Waals surface area contributed by atoms with Crippen LogP contribution in [0.3, 0.4) is 0 Å². The van der Waals surface area contributed by atoms with Gasteiger partial charge in [0.1, 0.15) is 0 Å². The van der Waals surface area contributed by atoms with E-state index in [-0.39, 0.29) is 30.3 Å². The van der Waals surface area contributed by atoms with E-state index in [4.69, 9.17) is 4.74 Å². The van der Waals surface area contributed by atoms with Gasteiger partial charge in [-0.1, -0.05) is 37.3 Å². The maximum Gasteiger partial charge on any atom is 0.225 e. The number of halogens is 2. The Kier molecular flexibility index (Phi) is 7.34. The number of rotatable bonds is 8. The largest absolute Gasteiger partial charge is 0.487 e. The Hall–Kier alpha value is -3.95. The van der Waals surface area contributed by atoms with Crippen LogP contribution in [0.2, 0.25) is 0 Å². The van der Waals surface area contributed by atoms with Gasteiger partial charge in [-0.15, -0.1) is 10.2 Å². The van der Waals surface area contributed by atoms with Gasteiger partial charge in [-0.2, -0.15) is 4.80 Å². The molecule has 0 aliphatic carbocycles. The van der Waals surface area contributed by atoms with Crippen molar-refractivity contribution in [1.82, 2.24) is 30.2 Å². The molecule has 8 nitrogen and oxygen atoms in total. The SMILES string of the molecule is CCc1cnc(N2CCC(COc3c(F)cc(-c4ccccc4)c(Cc4nnn(C)n4)c3F)CC2)nc1. The molecule has 0 amide bonds. The van der Waals surface area contributed by atoms with Crippen LogP contribution in [0.5, 0.6) is 5.75 Å². The van der Waals surface area contributed by atoms with Crippen molar-refractivity contribution in [3.63, 3.8) is 0 Å². The summed E-state index contributed by atoms with van der Waals surface area (Å²) in [5.74, 6) is -0.587. The lowest BCUT2D eigenvalue weighted by molar-refractivity contribution is 0.206. The zero-order valence-electron chi connectivity index (χ0n) is 20.9. The summed E-state index contributed by atoms with van der Waals surface area (Å²) in [7, 11) is 1.64. The van der Waals surface area contributed by atoms with Crippen LogP contribution >= 0.6 is 0 Å². The number of benzene rings is 2. The zero-order valence-corrected chi connectivity index (χ0v) is 20.9. The second-order valence-corrected chi connectivity index (χ2v) is 9.25. The van der Waals surface area contributed by atoms with Crippen molar-refractivity contribution in [2.75, 3.05) is 24.6 Å². The van der Waals surface area contributed by atoms with E-state index < -0.39 is 11.6 Å². The van der Waals surface area contributed by atoms with E-state index >= 15 is 8.78 Å². The summed E-state index contributed by atoms with van der Waals surface area (Å²) in [5.41, 5.74) is 2.52. The van der Waals surface area contributed by atoms with Crippen LogP contribution in [0.1, 0.15) is 36.7 Å². The number of tetrazole rings is 1. The third-order valence-electron chi connectivity index (χ3n) is 6.71. The summed E-state index contributed by atoms with van der Waals surface area (Å²) in [6.45, 7) is 3.83. The number of nitrogens with zero attached hydrogens (tertiary/aromatic N) is 7. The Labute approximate surface area is 214 Å². The van der Waals surface area contributed by atoms with E-state index in [1.807, 2.05) is 42.7 Å². The fourth-order valence-corrected chi connectivity index (χ4v) is 4.57. The first kappa shape index (κ1) is 24.7. The van der Waals surface area contributed by atoms with E-state index in [0.29, 0.717) is 22.9 Å². The molecule has 1 aliphatic heterocycles. The van der Waals surface area contributed by atoms with Crippen molar-refractivity contribution in [2.24, 2.45) is 13.0 Å². The molecule has 0 saturated carbocycles. The van der Waals surface area contributed by atoms with Crippen LogP contribution < -0.4 is 9.64 Å². The standard InChI is InChI=1S/C27H29F2N7O/c1-3-18-15-30-27(31-16-18)36-11-9-19(10-12-36)17-37-26-23(28)13-21(20-7-5-4-6-8-20)22(25(26)29)14-24-32-34-35(2)33-24/h4-8,13,15-16,19H,3,9-12,14,17H2,1-2H3. The predicted molar refractivity (Wildman–Crippen MR) is 135 cm³/mol. The molecule has 3 heterocycles. The van der Waals surface area contributed by atoms with Crippen LogP contribution in [0, 0.1) is 17.6 Å². The van der Waals surface area contributed by atoms with E-state index in [0.717, 1.165) is 37.9 Å². The molecule has 0 atom stereocenters. The second-order valence-electron chi connectivity index (χ2n) is 9.25. The highest BCUT2D eigenvalue weighted by atomic mass is 19.1. The monoisotopic (exact) mass is 505 g/mol. The fraction of sp³-hybridized carbons (Fsp3) is 0.370. The van der Waals surface area contributed by atoms with Gasteiger partial charge >= 0.3 is 0 Å². The Morgan fingerprint density at radius 1 is 1.05 bits per heavy atom. The van der Waals surface area contributed by atoms with Crippen molar-refractivity contribution >= 4 is 5.95 Å². The molecule has 0 N–H and O–H groups in total. The Bertz CT molecular complexity index is 1340. The molecule has 0 spiro atoms. The average Bonchev–Trinajstić information content (AvgIpc) is 3.35. The van der Waals surface area contributed by atoms with E-state index in [2.05, 4.69) is 37.2 Å². The minimum Gasteiger partial charge on any atom is -0.487 e. The number of aromatic nitrogens is 6. The van der Waals surface area contributed by atoms with Crippen LogP contribution in [-0.4, -0.2) is 49.9 Å². The molecule has 1 aliphatic rings. The van der Waals surface area contributed by atoms with Gasteiger partial charge in [-0.3, -0.25) is 0 Å². The smallest absolute Gasteiger partial charge is 0.225 e. The highest BCUT2D eigenvalue weighted by Crippen LogP contribution is 2.35. The molecule has 5 rings (SSSR count). The maximum absolute atomic E-state index is 15.8. The third kappa shape index (κ3) is 5.58. The van der Waals surface area contributed by atoms with Gasteiger partial charge in [0.05, 0.1) is 13.7 Å². The first-order chi connectivity index (χ1) is 18.0. The topological polar surface area (TPSA) is 81.9 Å². The van der Waals surface area contributed by atoms with Gasteiger partial charge in [0.15, 0.2) is 23.2 Å². The molecular formula is C27H29F2N7O. The maximum atomic E-state index is 15.8. The fourth-order valence-electron chi connectivity index (χ4n) is 4.57. The number of ether oxygens (including phenoxy) is 1. The predicted octanol–water partition coefficient (Wildman–Crippen LogP) is 4.39. The summed E-state index contributed by atoms with van der Waals surface area (Å²) in [4.78, 5) is 12.4. The van der Waals surface area contributed by atoms with Crippen molar-refractivity contribution in [3.05, 3.63) is 77.4 Å². The lowest BCUT2D eigenvalue weighted by atomic mass is 9.95. The normalized spacial score (nSPS) is 14.2. The average molecular weight is 506 g/mol. The minimum atomic E-state index is -0.729. The van der Waals surface area contributed by atoms with Crippen LogP contribution in [0.15, 0.2) is 48.8 Å². The number of anilines is 1. The molecule has 1 fully saturated rings. The van der Waals surface area contributed by atoms with Gasteiger partial charge < -0.3 is 9.64 Å². The highest BCUT2D eigenvalue weighted by molar-refractivity contribution is 5.69. The van der Waals surface area contributed by atoms with Crippen molar-refractivity contribution in [3.8, 4) is 16.9 Å². The van der Waals surface area contributed by atoms with E-state index in [1.165, 1.54) is 10.9 Å². The second kappa shape index (κ2) is 11.0. The number of hydrogen-bond donors (Lipinski definition) is 0. The van der Waals surface area contributed by atoms with Gasteiger partial charge in [0, 0.05) is 37.5 Å². The molecule has 0 unspecified atom stereocenters. The quantitative estimate of drug-likeness (QED) is 0.351. The summed E-state index contributed by atoms with van der Waals surface area (Å²) in [6.07, 6.45) is 6.32. The third-order valence-corrected chi connectivity index (χ3v) is 6.71. The highest BCUT2D eigenvalue weighted by Gasteiger charge is 2.25. The molecule has 2 aromatic heterocycles. The first-order valence-electron chi connectivity index (χ1n) is 12.5. The molecule has 2 aromatic carbocycles. The summed E-state index contributed by atoms with van der Waals surface area (Å²) < 4.78 is 36.8. The van der Waals surface area contributed by atoms with Crippen LogP contribution in [-0.2, 0) is 19.9 Å². The number of aryl methyl sites for hydroxylation is 2. The molecule has 4 aromatic rings. The van der Waals surface area contributed by atoms with Gasteiger partial charge in [-0.25, -0.2) is 18.7 Å². The van der Waals surface area contributed by atoms with E-state index in [9.17, 15) is 0 Å². The van der Waals surface area contributed by atoms with Gasteiger partial charge in [0.25, 0.3) is 0 Å². The van der Waals surface area contributed by atoms with Crippen molar-refractivity contribution in [2.45, 2.75) is 32.6 Å². The summed E-state index contributed by atoms with van der Waals surface area (Å²) in [5, 5.41) is 12.0. The molecule has 0 bridgehead atoms. The molecular weight excluding hydrogens is 476 g/mol. The Balaban J connectivity index is 1.31. The van der Waals surface area contributed by atoms with Crippen LogP contribution in [0.4, 0.5) is 14.7 Å². The first-order valence-corrected chi connectivity index (χ1v) is 12.5. The van der Waals surface area contributed by atoms with Gasteiger partial charge in [-0.05, 0) is 53.2 Å². The minimum absolute atomic E-state index is 0.0652. The zero-order chi connectivity index (χ0) is 25.8. The Morgan fingerprint density at radius 2 is 1.78 bits per heavy atom. The summed E-state index contributed by atoms with van der Waals surface area (Å²) >= 11 is 0. The van der Waals surface area contributed by atoms with Crippen molar-refractivity contribution < 1.29 is 13.5 Å². The molecule has 1 saturated heterocycles. The molecule has 10 heteroatoms. The lowest BCUT2D eigenvalue weighted by Crippen LogP contribution is -2.36. The van der Waals surface area contributed by atoms with Gasteiger partial charge in [0.2, 0.25) is 5.95 Å².